The summed E-state index contributed by atoms with van der Waals surface area (Å²) in [5, 5.41) is 7.74. The predicted molar refractivity (Wildman–Crippen MR) is 76.0 cm³/mol. The molecule has 0 saturated carbocycles. The summed E-state index contributed by atoms with van der Waals surface area (Å²) < 4.78 is 15.3. The molecule has 0 aliphatic rings. The lowest BCUT2D eigenvalue weighted by molar-refractivity contribution is 0.111. The molecule has 1 aromatic heterocycles. The minimum absolute atomic E-state index is 0.224. The van der Waals surface area contributed by atoms with Gasteiger partial charge in [0.1, 0.15) is 17.2 Å². The molecule has 104 valence electrons. The Balaban J connectivity index is 2.09. The van der Waals surface area contributed by atoms with E-state index in [1.165, 1.54) is 10.7 Å². The van der Waals surface area contributed by atoms with Crippen LogP contribution in [-0.2, 0) is 6.42 Å². The molecule has 0 unspecified atom stereocenters. The molecule has 5 heteroatoms. The van der Waals surface area contributed by atoms with Crippen LogP contribution in [0.4, 0.5) is 4.39 Å². The van der Waals surface area contributed by atoms with E-state index in [4.69, 9.17) is 0 Å². The van der Waals surface area contributed by atoms with E-state index < -0.39 is 5.82 Å². The number of aromatic nitrogens is 3. The first-order chi connectivity index (χ1) is 10.3. The zero-order chi connectivity index (χ0) is 14.7. The highest BCUT2D eigenvalue weighted by Crippen LogP contribution is 2.18. The molecule has 0 atom stereocenters. The Labute approximate surface area is 120 Å². The van der Waals surface area contributed by atoms with E-state index in [0.29, 0.717) is 18.4 Å². The number of hydrogen-bond acceptors (Lipinski definition) is 3. The van der Waals surface area contributed by atoms with Crippen LogP contribution >= 0.6 is 0 Å². The number of rotatable bonds is 4. The summed E-state index contributed by atoms with van der Waals surface area (Å²) in [7, 11) is 0. The summed E-state index contributed by atoms with van der Waals surface area (Å²) >= 11 is 0. The second-order valence-corrected chi connectivity index (χ2v) is 4.56. The van der Waals surface area contributed by atoms with Gasteiger partial charge in [0.05, 0.1) is 5.69 Å². The Bertz CT molecular complexity index is 768. The van der Waals surface area contributed by atoms with Gasteiger partial charge in [-0.1, -0.05) is 47.7 Å². The minimum atomic E-state index is -0.408. The van der Waals surface area contributed by atoms with E-state index in [1.54, 1.807) is 18.2 Å². The smallest absolute Gasteiger partial charge is 0.172 e. The van der Waals surface area contributed by atoms with Crippen LogP contribution in [0, 0.1) is 5.82 Å². The summed E-state index contributed by atoms with van der Waals surface area (Å²) in [5.41, 5.74) is 2.08. The van der Waals surface area contributed by atoms with Crippen LogP contribution in [0.1, 0.15) is 21.7 Å². The summed E-state index contributed by atoms with van der Waals surface area (Å²) in [6, 6.07) is 15.9. The molecule has 2 aromatic carbocycles. The van der Waals surface area contributed by atoms with Crippen molar-refractivity contribution in [3.63, 3.8) is 0 Å². The molecule has 0 fully saturated rings. The summed E-state index contributed by atoms with van der Waals surface area (Å²) in [6.07, 6.45) is 1.10. The average Bonchev–Trinajstić information content (AvgIpc) is 2.91. The first-order valence-corrected chi connectivity index (χ1v) is 6.48. The topological polar surface area (TPSA) is 47.8 Å². The highest BCUT2D eigenvalue weighted by Gasteiger charge is 2.16. The van der Waals surface area contributed by atoms with Gasteiger partial charge in [-0.05, 0) is 17.7 Å². The van der Waals surface area contributed by atoms with Crippen molar-refractivity contribution in [1.82, 2.24) is 15.0 Å². The maximum atomic E-state index is 13.9. The molecular weight excluding hydrogens is 269 g/mol. The van der Waals surface area contributed by atoms with Crippen LogP contribution in [0.5, 0.6) is 0 Å². The average molecular weight is 281 g/mol. The summed E-state index contributed by atoms with van der Waals surface area (Å²) in [4.78, 5) is 11.1. The Hall–Kier alpha value is -2.82. The SMILES string of the molecule is O=Cc1nnn(-c2ccccc2F)c1Cc1ccccc1. The van der Waals surface area contributed by atoms with Crippen LogP contribution in [0.2, 0.25) is 0 Å². The highest BCUT2D eigenvalue weighted by molar-refractivity contribution is 5.73. The van der Waals surface area contributed by atoms with E-state index in [2.05, 4.69) is 10.3 Å². The van der Waals surface area contributed by atoms with Gasteiger partial charge in [-0.2, -0.15) is 0 Å². The fourth-order valence-corrected chi connectivity index (χ4v) is 2.18. The molecule has 0 saturated heterocycles. The number of para-hydroxylation sites is 1. The third kappa shape index (κ3) is 2.58. The monoisotopic (exact) mass is 281 g/mol. The van der Waals surface area contributed by atoms with E-state index in [0.717, 1.165) is 5.56 Å². The molecule has 4 nitrogen and oxygen atoms in total. The second kappa shape index (κ2) is 5.66. The molecule has 0 radical (unpaired) electrons. The fourth-order valence-electron chi connectivity index (χ4n) is 2.18. The third-order valence-corrected chi connectivity index (χ3v) is 3.20. The lowest BCUT2D eigenvalue weighted by atomic mass is 10.1. The van der Waals surface area contributed by atoms with E-state index in [-0.39, 0.29) is 11.4 Å². The first-order valence-electron chi connectivity index (χ1n) is 6.48. The molecule has 21 heavy (non-hydrogen) atoms. The molecule has 0 bridgehead atoms. The Morgan fingerprint density at radius 2 is 1.76 bits per heavy atom. The van der Waals surface area contributed by atoms with E-state index in [9.17, 15) is 9.18 Å². The first kappa shape index (κ1) is 13.2. The third-order valence-electron chi connectivity index (χ3n) is 3.20. The number of hydrogen-bond donors (Lipinski definition) is 0. The fraction of sp³-hybridized carbons (Fsp3) is 0.0625. The van der Waals surface area contributed by atoms with Crippen molar-refractivity contribution < 1.29 is 9.18 Å². The minimum Gasteiger partial charge on any atom is -0.296 e. The Kier molecular flexibility index (Phi) is 3.55. The van der Waals surface area contributed by atoms with Crippen molar-refractivity contribution >= 4 is 6.29 Å². The second-order valence-electron chi connectivity index (χ2n) is 4.56. The van der Waals surface area contributed by atoms with Crippen molar-refractivity contribution in [3.05, 3.63) is 77.4 Å². The van der Waals surface area contributed by atoms with Gasteiger partial charge in [0.15, 0.2) is 6.29 Å². The van der Waals surface area contributed by atoms with Gasteiger partial charge in [0.25, 0.3) is 0 Å². The van der Waals surface area contributed by atoms with Crippen LogP contribution in [0.15, 0.2) is 54.6 Å². The zero-order valence-corrected chi connectivity index (χ0v) is 11.1. The van der Waals surface area contributed by atoms with Crippen molar-refractivity contribution in [2.75, 3.05) is 0 Å². The van der Waals surface area contributed by atoms with Crippen molar-refractivity contribution in [2.45, 2.75) is 6.42 Å². The van der Waals surface area contributed by atoms with Crippen LogP contribution in [-0.4, -0.2) is 21.3 Å². The molecule has 0 aliphatic carbocycles. The van der Waals surface area contributed by atoms with Gasteiger partial charge in [0, 0.05) is 6.42 Å². The molecule has 3 aromatic rings. The van der Waals surface area contributed by atoms with Gasteiger partial charge in [-0.15, -0.1) is 5.10 Å². The van der Waals surface area contributed by atoms with E-state index >= 15 is 0 Å². The number of nitrogens with zero attached hydrogens (tertiary/aromatic N) is 3. The normalized spacial score (nSPS) is 10.5. The summed E-state index contributed by atoms with van der Waals surface area (Å²) in [5.74, 6) is -0.408. The van der Waals surface area contributed by atoms with Crippen LogP contribution in [0.3, 0.4) is 0 Å². The lowest BCUT2D eigenvalue weighted by Gasteiger charge is -2.07. The number of benzene rings is 2. The molecular formula is C16H12FN3O. The predicted octanol–water partition coefficient (Wildman–Crippen LogP) is 2.81. The largest absolute Gasteiger partial charge is 0.296 e. The van der Waals surface area contributed by atoms with Gasteiger partial charge >= 0.3 is 0 Å². The molecule has 3 rings (SSSR count). The maximum absolute atomic E-state index is 13.9. The van der Waals surface area contributed by atoms with Crippen molar-refractivity contribution in [2.24, 2.45) is 0 Å². The molecule has 0 amide bonds. The standard InChI is InChI=1S/C16H12FN3O/c17-13-8-4-5-9-15(13)20-16(14(11-21)18-19-20)10-12-6-2-1-3-7-12/h1-9,11H,10H2. The van der Waals surface area contributed by atoms with Crippen LogP contribution < -0.4 is 0 Å². The van der Waals surface area contributed by atoms with Crippen LogP contribution in [0.25, 0.3) is 5.69 Å². The number of aldehydes is 1. The Morgan fingerprint density at radius 3 is 2.48 bits per heavy atom. The molecule has 0 N–H and O–H groups in total. The molecule has 0 aliphatic heterocycles. The van der Waals surface area contributed by atoms with E-state index in [1.807, 2.05) is 30.3 Å². The maximum Gasteiger partial charge on any atom is 0.172 e. The molecule has 0 spiro atoms. The lowest BCUT2D eigenvalue weighted by Crippen LogP contribution is -2.06. The number of halogens is 1. The van der Waals surface area contributed by atoms with Gasteiger partial charge in [0.2, 0.25) is 0 Å². The number of carbonyl (C=O) groups is 1. The van der Waals surface area contributed by atoms with Gasteiger partial charge < -0.3 is 0 Å². The Morgan fingerprint density at radius 1 is 1.05 bits per heavy atom. The quantitative estimate of drug-likeness (QED) is 0.691. The highest BCUT2D eigenvalue weighted by atomic mass is 19.1. The summed E-state index contributed by atoms with van der Waals surface area (Å²) in [6.45, 7) is 0. The van der Waals surface area contributed by atoms with Gasteiger partial charge in [-0.3, -0.25) is 4.79 Å². The zero-order valence-electron chi connectivity index (χ0n) is 11.1. The van der Waals surface area contributed by atoms with Crippen molar-refractivity contribution in [3.8, 4) is 5.69 Å². The van der Waals surface area contributed by atoms with Crippen molar-refractivity contribution in [1.29, 1.82) is 0 Å². The number of carbonyl (C=O) groups excluding carboxylic acids is 1. The molecule has 1 heterocycles. The van der Waals surface area contributed by atoms with Gasteiger partial charge in [-0.25, -0.2) is 9.07 Å².